The van der Waals surface area contributed by atoms with Gasteiger partial charge < -0.3 is 5.32 Å². The normalized spacial score (nSPS) is 10.8. The smallest absolute Gasteiger partial charge is 0.331 e. The van der Waals surface area contributed by atoms with Crippen molar-refractivity contribution in [3.8, 4) is 0 Å². The summed E-state index contributed by atoms with van der Waals surface area (Å²) in [5.41, 5.74) is -0.126. The summed E-state index contributed by atoms with van der Waals surface area (Å²) in [4.78, 5) is 36.8. The van der Waals surface area contributed by atoms with Crippen LogP contribution in [0.25, 0.3) is 10.9 Å². The highest BCUT2D eigenvalue weighted by Crippen LogP contribution is 2.06. The van der Waals surface area contributed by atoms with E-state index in [2.05, 4.69) is 5.32 Å². The molecule has 0 saturated heterocycles. The summed E-state index contributed by atoms with van der Waals surface area (Å²) >= 11 is 0. The molecule has 1 amide bonds. The number of nitrogens with one attached hydrogen (secondary N) is 1. The Morgan fingerprint density at radius 2 is 1.88 bits per heavy atom. The predicted molar refractivity (Wildman–Crippen MR) is 92.2 cm³/mol. The Labute approximate surface area is 142 Å². The van der Waals surface area contributed by atoms with Crippen molar-refractivity contribution >= 4 is 16.8 Å². The van der Waals surface area contributed by atoms with Crippen LogP contribution in [-0.4, -0.2) is 21.6 Å². The molecule has 2 aromatic carbocycles. The molecule has 3 aromatic rings. The summed E-state index contributed by atoms with van der Waals surface area (Å²) in [6.45, 7) is 0.0975. The lowest BCUT2D eigenvalue weighted by Crippen LogP contribution is -2.41. The number of hydrogen-bond acceptors (Lipinski definition) is 3. The fraction of sp³-hybridized carbons (Fsp3) is 0.167. The average molecular weight is 341 g/mol. The van der Waals surface area contributed by atoms with Gasteiger partial charge in [0.1, 0.15) is 5.82 Å². The maximum absolute atomic E-state index is 13.1. The predicted octanol–water partition coefficient (Wildman–Crippen LogP) is 1.27. The zero-order valence-corrected chi connectivity index (χ0v) is 13.5. The molecule has 128 valence electrons. The lowest BCUT2D eigenvalue weighted by molar-refractivity contribution is 0.0951. The summed E-state index contributed by atoms with van der Waals surface area (Å²) in [6.07, 6.45) is 0. The molecule has 25 heavy (non-hydrogen) atoms. The zero-order valence-electron chi connectivity index (χ0n) is 13.5. The van der Waals surface area contributed by atoms with Crippen molar-refractivity contribution in [2.75, 3.05) is 6.54 Å². The molecule has 0 radical (unpaired) electrons. The van der Waals surface area contributed by atoms with Crippen LogP contribution >= 0.6 is 0 Å². The summed E-state index contributed by atoms with van der Waals surface area (Å²) in [7, 11) is 1.59. The molecule has 7 heteroatoms. The summed E-state index contributed by atoms with van der Waals surface area (Å²) in [6, 6.07) is 12.1. The van der Waals surface area contributed by atoms with Crippen LogP contribution in [-0.2, 0) is 13.6 Å². The molecule has 3 rings (SSSR count). The Morgan fingerprint density at radius 1 is 1.12 bits per heavy atom. The lowest BCUT2D eigenvalue weighted by atomic mass is 10.2. The lowest BCUT2D eigenvalue weighted by Gasteiger charge is -2.11. The van der Waals surface area contributed by atoms with Crippen LogP contribution in [0.5, 0.6) is 0 Å². The van der Waals surface area contributed by atoms with Gasteiger partial charge in [-0.05, 0) is 30.3 Å². The number of nitrogens with zero attached hydrogens (tertiary/aromatic N) is 2. The quantitative estimate of drug-likeness (QED) is 0.777. The van der Waals surface area contributed by atoms with Gasteiger partial charge in [-0.3, -0.25) is 18.7 Å². The minimum absolute atomic E-state index is 0.0252. The monoisotopic (exact) mass is 341 g/mol. The molecule has 1 heterocycles. The maximum Gasteiger partial charge on any atom is 0.331 e. The molecule has 1 N–H and O–H groups in total. The number of hydrogen-bond donors (Lipinski definition) is 1. The molecule has 0 aliphatic heterocycles. The zero-order chi connectivity index (χ0) is 18.0. The van der Waals surface area contributed by atoms with Gasteiger partial charge in [0.05, 0.1) is 10.9 Å². The summed E-state index contributed by atoms with van der Waals surface area (Å²) in [5.74, 6) is -0.975. The third-order valence-electron chi connectivity index (χ3n) is 3.97. The molecule has 0 aliphatic carbocycles. The first-order valence-electron chi connectivity index (χ1n) is 7.71. The minimum atomic E-state index is -0.507. The third kappa shape index (κ3) is 3.21. The molecule has 0 saturated carbocycles. The van der Waals surface area contributed by atoms with Crippen molar-refractivity contribution in [2.45, 2.75) is 6.54 Å². The first-order chi connectivity index (χ1) is 12.0. The number of aromatic nitrogens is 2. The van der Waals surface area contributed by atoms with Gasteiger partial charge in [-0.1, -0.05) is 18.2 Å². The molecule has 0 unspecified atom stereocenters. The summed E-state index contributed by atoms with van der Waals surface area (Å²) in [5, 5.41) is 3.01. The van der Waals surface area contributed by atoms with E-state index in [4.69, 9.17) is 0 Å². The van der Waals surface area contributed by atoms with Crippen molar-refractivity contribution in [3.05, 3.63) is 80.7 Å². The van der Waals surface area contributed by atoms with Gasteiger partial charge in [0.25, 0.3) is 11.5 Å². The highest BCUT2D eigenvalue weighted by atomic mass is 19.1. The SMILES string of the molecule is Cn1c(=O)n(CCNC(=O)c2cccc(F)c2)c(=O)c2ccccc21. The number of amides is 1. The highest BCUT2D eigenvalue weighted by molar-refractivity contribution is 5.94. The molecular weight excluding hydrogens is 325 g/mol. The van der Waals surface area contributed by atoms with E-state index in [1.807, 2.05) is 0 Å². The molecule has 0 atom stereocenters. The summed E-state index contributed by atoms with van der Waals surface area (Å²) < 4.78 is 15.6. The minimum Gasteiger partial charge on any atom is -0.350 e. The van der Waals surface area contributed by atoms with Gasteiger partial charge in [-0.15, -0.1) is 0 Å². The number of halogens is 1. The van der Waals surface area contributed by atoms with Crippen molar-refractivity contribution in [2.24, 2.45) is 7.05 Å². The van der Waals surface area contributed by atoms with Gasteiger partial charge in [0.15, 0.2) is 0 Å². The van der Waals surface area contributed by atoms with E-state index in [0.717, 1.165) is 10.6 Å². The Bertz CT molecular complexity index is 1070. The second-order valence-corrected chi connectivity index (χ2v) is 5.58. The molecule has 0 spiro atoms. The number of fused-ring (bicyclic) bond motifs is 1. The topological polar surface area (TPSA) is 73.1 Å². The fourth-order valence-electron chi connectivity index (χ4n) is 2.67. The van der Waals surface area contributed by atoms with Gasteiger partial charge in [-0.2, -0.15) is 0 Å². The molecule has 0 bridgehead atoms. The van der Waals surface area contributed by atoms with Crippen LogP contribution in [0.15, 0.2) is 58.1 Å². The van der Waals surface area contributed by atoms with E-state index in [-0.39, 0.29) is 18.7 Å². The fourth-order valence-corrected chi connectivity index (χ4v) is 2.67. The van der Waals surface area contributed by atoms with E-state index >= 15 is 0 Å². The van der Waals surface area contributed by atoms with Crippen LogP contribution in [0.4, 0.5) is 4.39 Å². The standard InChI is InChI=1S/C18H16FN3O3/c1-21-15-8-3-2-7-14(15)17(24)22(18(21)25)10-9-20-16(23)12-5-4-6-13(19)11-12/h2-8,11H,9-10H2,1H3,(H,20,23). The Balaban J connectivity index is 1.81. The Kier molecular flexibility index (Phi) is 4.47. The first-order valence-corrected chi connectivity index (χ1v) is 7.71. The van der Waals surface area contributed by atoms with Crippen molar-refractivity contribution in [1.82, 2.24) is 14.5 Å². The number of benzene rings is 2. The van der Waals surface area contributed by atoms with Crippen molar-refractivity contribution in [3.63, 3.8) is 0 Å². The number of carbonyl (C=O) groups is 1. The first kappa shape index (κ1) is 16.6. The van der Waals surface area contributed by atoms with E-state index in [1.54, 1.807) is 31.3 Å². The molecule has 0 aliphatic rings. The van der Waals surface area contributed by atoms with Crippen LogP contribution in [0.3, 0.4) is 0 Å². The average Bonchev–Trinajstić information content (AvgIpc) is 2.62. The van der Waals surface area contributed by atoms with Crippen molar-refractivity contribution in [1.29, 1.82) is 0 Å². The molecule has 0 fully saturated rings. The number of para-hydroxylation sites is 1. The van der Waals surface area contributed by atoms with Crippen LogP contribution in [0.2, 0.25) is 0 Å². The van der Waals surface area contributed by atoms with E-state index < -0.39 is 23.0 Å². The van der Waals surface area contributed by atoms with Crippen molar-refractivity contribution < 1.29 is 9.18 Å². The van der Waals surface area contributed by atoms with E-state index in [9.17, 15) is 18.8 Å². The maximum atomic E-state index is 13.1. The largest absolute Gasteiger partial charge is 0.350 e. The van der Waals surface area contributed by atoms with E-state index in [1.165, 1.54) is 22.8 Å². The third-order valence-corrected chi connectivity index (χ3v) is 3.97. The van der Waals surface area contributed by atoms with Gasteiger partial charge >= 0.3 is 5.69 Å². The van der Waals surface area contributed by atoms with Gasteiger partial charge in [0, 0.05) is 25.7 Å². The Hall–Kier alpha value is -3.22. The Morgan fingerprint density at radius 3 is 2.64 bits per heavy atom. The number of carbonyl (C=O) groups excluding carboxylic acids is 1. The molecule has 6 nitrogen and oxygen atoms in total. The molecule has 1 aromatic heterocycles. The molecular formula is C18H16FN3O3. The van der Waals surface area contributed by atoms with Crippen LogP contribution < -0.4 is 16.6 Å². The van der Waals surface area contributed by atoms with Gasteiger partial charge in [0.2, 0.25) is 0 Å². The second-order valence-electron chi connectivity index (χ2n) is 5.58. The van der Waals surface area contributed by atoms with Crippen LogP contribution in [0, 0.1) is 5.82 Å². The van der Waals surface area contributed by atoms with E-state index in [0.29, 0.717) is 10.9 Å². The number of aryl methyl sites for hydroxylation is 1. The number of rotatable bonds is 4. The second kappa shape index (κ2) is 6.72. The van der Waals surface area contributed by atoms with Crippen LogP contribution in [0.1, 0.15) is 10.4 Å². The van der Waals surface area contributed by atoms with Gasteiger partial charge in [-0.25, -0.2) is 9.18 Å². The highest BCUT2D eigenvalue weighted by Gasteiger charge is 2.11.